The molecule has 2 aromatic rings. The van der Waals surface area contributed by atoms with E-state index < -0.39 is 0 Å². The summed E-state index contributed by atoms with van der Waals surface area (Å²) in [5.74, 6) is 1.17. The zero-order chi connectivity index (χ0) is 21.0. The highest BCUT2D eigenvalue weighted by atomic mass is 32.1. The molecule has 1 fully saturated rings. The average molecular weight is 420 g/mol. The van der Waals surface area contributed by atoms with Gasteiger partial charge in [0.25, 0.3) is 0 Å². The van der Waals surface area contributed by atoms with Crippen LogP contribution in [0.15, 0.2) is 9.90 Å². The van der Waals surface area contributed by atoms with Crippen molar-refractivity contribution in [2.75, 3.05) is 32.7 Å². The monoisotopic (exact) mass is 419 g/mol. The Labute approximate surface area is 175 Å². The highest BCUT2D eigenvalue weighted by Gasteiger charge is 2.25. The number of carbonyl (C=O) groups is 2. The number of hydrogen-bond acceptors (Lipinski definition) is 6. The Balaban J connectivity index is 1.40. The van der Waals surface area contributed by atoms with Crippen LogP contribution >= 0.6 is 11.3 Å². The van der Waals surface area contributed by atoms with Crippen LogP contribution in [0.25, 0.3) is 0 Å². The first-order valence-electron chi connectivity index (χ1n) is 10.0. The average Bonchev–Trinajstić information content (AvgIpc) is 3.30. The molecule has 3 heterocycles. The third-order valence-corrected chi connectivity index (χ3v) is 6.34. The first-order valence-corrected chi connectivity index (χ1v) is 10.9. The second-order valence-corrected chi connectivity index (χ2v) is 8.55. The second-order valence-electron chi connectivity index (χ2n) is 7.66. The van der Waals surface area contributed by atoms with E-state index in [1.54, 1.807) is 21.1 Å². The first kappa shape index (κ1) is 21.3. The lowest BCUT2D eigenvalue weighted by molar-refractivity contribution is -0.131. The van der Waals surface area contributed by atoms with Gasteiger partial charge < -0.3 is 19.6 Å². The van der Waals surface area contributed by atoms with Gasteiger partial charge in [0.1, 0.15) is 5.76 Å². The molecule has 9 heteroatoms. The number of urea groups is 1. The maximum absolute atomic E-state index is 12.6. The van der Waals surface area contributed by atoms with Crippen LogP contribution in [-0.4, -0.2) is 64.6 Å². The second kappa shape index (κ2) is 9.39. The number of aromatic nitrogens is 2. The van der Waals surface area contributed by atoms with Gasteiger partial charge in [-0.25, -0.2) is 9.78 Å². The molecule has 1 aliphatic rings. The Morgan fingerprint density at radius 2 is 1.90 bits per heavy atom. The lowest BCUT2D eigenvalue weighted by Crippen LogP contribution is -2.53. The minimum absolute atomic E-state index is 0.0453. The molecule has 1 aliphatic heterocycles. The Bertz CT molecular complexity index is 833. The lowest BCUT2D eigenvalue weighted by Gasteiger charge is -2.34. The molecule has 0 aliphatic carbocycles. The van der Waals surface area contributed by atoms with E-state index >= 15 is 0 Å². The number of hydrogen-bond donors (Lipinski definition) is 1. The predicted molar refractivity (Wildman–Crippen MR) is 111 cm³/mol. The smallest absolute Gasteiger partial charge is 0.317 e. The number of amides is 3. The molecule has 0 aromatic carbocycles. The first-order chi connectivity index (χ1) is 13.8. The highest BCUT2D eigenvalue weighted by molar-refractivity contribution is 7.09. The maximum Gasteiger partial charge on any atom is 0.317 e. The predicted octanol–water partition coefficient (Wildman–Crippen LogP) is 2.51. The van der Waals surface area contributed by atoms with Gasteiger partial charge in [-0.05, 0) is 13.8 Å². The SMILES string of the molecule is Cc1noc(C)c1CC(=O)N1CCN(C(=O)NCCc2csc(C(C)C)n2)CC1. The Morgan fingerprint density at radius 1 is 1.21 bits per heavy atom. The molecule has 8 nitrogen and oxygen atoms in total. The van der Waals surface area contributed by atoms with Gasteiger partial charge in [-0.2, -0.15) is 0 Å². The standard InChI is InChI=1S/C20H29N5O3S/c1-13(2)19-22-16(12-29-19)5-6-21-20(27)25-9-7-24(8-10-25)18(26)11-17-14(3)23-28-15(17)4/h12-13H,5-11H2,1-4H3,(H,21,27). The van der Waals surface area contributed by atoms with E-state index in [9.17, 15) is 9.59 Å². The molecule has 1 N–H and O–H groups in total. The minimum atomic E-state index is -0.0814. The minimum Gasteiger partial charge on any atom is -0.361 e. The summed E-state index contributed by atoms with van der Waals surface area (Å²) >= 11 is 1.67. The molecule has 3 amide bonds. The van der Waals surface area contributed by atoms with Crippen molar-refractivity contribution in [3.63, 3.8) is 0 Å². The van der Waals surface area contributed by atoms with E-state index in [0.29, 0.717) is 50.8 Å². The molecular weight excluding hydrogens is 390 g/mol. The number of nitrogens with one attached hydrogen (secondary N) is 1. The molecule has 0 unspecified atom stereocenters. The summed E-state index contributed by atoms with van der Waals surface area (Å²) in [6, 6.07) is -0.0814. The third-order valence-electron chi connectivity index (χ3n) is 5.15. The van der Waals surface area contributed by atoms with Crippen molar-refractivity contribution in [2.45, 2.75) is 46.5 Å². The zero-order valence-electron chi connectivity index (χ0n) is 17.5. The normalized spacial score (nSPS) is 14.5. The summed E-state index contributed by atoms with van der Waals surface area (Å²) in [5, 5.41) is 10.1. The van der Waals surface area contributed by atoms with Crippen molar-refractivity contribution in [1.82, 2.24) is 25.3 Å². The van der Waals surface area contributed by atoms with Crippen LogP contribution in [0.1, 0.15) is 47.5 Å². The third kappa shape index (κ3) is 5.35. The van der Waals surface area contributed by atoms with Crippen LogP contribution in [0.3, 0.4) is 0 Å². The summed E-state index contributed by atoms with van der Waals surface area (Å²) in [6.07, 6.45) is 1.02. The number of aryl methyl sites for hydroxylation is 2. The molecule has 0 atom stereocenters. The van der Waals surface area contributed by atoms with E-state index in [0.717, 1.165) is 28.4 Å². The summed E-state index contributed by atoms with van der Waals surface area (Å²) in [5.41, 5.74) is 2.64. The van der Waals surface area contributed by atoms with Crippen molar-refractivity contribution >= 4 is 23.3 Å². The largest absolute Gasteiger partial charge is 0.361 e. The summed E-state index contributed by atoms with van der Waals surface area (Å²) in [6.45, 7) is 10.6. The summed E-state index contributed by atoms with van der Waals surface area (Å²) < 4.78 is 5.13. The van der Waals surface area contributed by atoms with E-state index in [4.69, 9.17) is 4.52 Å². The number of rotatable bonds is 6. The molecule has 29 heavy (non-hydrogen) atoms. The molecular formula is C20H29N5O3S. The lowest BCUT2D eigenvalue weighted by atomic mass is 10.1. The van der Waals surface area contributed by atoms with Gasteiger partial charge in [-0.3, -0.25) is 4.79 Å². The van der Waals surface area contributed by atoms with Crippen molar-refractivity contribution in [1.29, 1.82) is 0 Å². The molecule has 158 valence electrons. The van der Waals surface area contributed by atoms with Gasteiger partial charge in [0.15, 0.2) is 0 Å². The van der Waals surface area contributed by atoms with E-state index in [1.165, 1.54) is 0 Å². The van der Waals surface area contributed by atoms with Gasteiger partial charge in [-0.15, -0.1) is 11.3 Å². The Morgan fingerprint density at radius 3 is 2.48 bits per heavy atom. The molecule has 2 aromatic heterocycles. The van der Waals surface area contributed by atoms with Gasteiger partial charge in [-0.1, -0.05) is 19.0 Å². The number of carbonyl (C=O) groups excluding carboxylic acids is 2. The fourth-order valence-corrected chi connectivity index (χ4v) is 4.16. The Kier molecular flexibility index (Phi) is 6.89. The molecule has 0 saturated carbocycles. The maximum atomic E-state index is 12.6. The van der Waals surface area contributed by atoms with E-state index in [2.05, 4.69) is 34.7 Å². The number of nitrogens with zero attached hydrogens (tertiary/aromatic N) is 4. The zero-order valence-corrected chi connectivity index (χ0v) is 18.3. The fourth-order valence-electron chi connectivity index (χ4n) is 3.29. The van der Waals surface area contributed by atoms with Crippen molar-refractivity contribution in [3.8, 4) is 0 Å². The molecule has 0 spiro atoms. The van der Waals surface area contributed by atoms with Gasteiger partial charge in [0.2, 0.25) is 5.91 Å². The van der Waals surface area contributed by atoms with Gasteiger partial charge in [0, 0.05) is 56.0 Å². The van der Waals surface area contributed by atoms with Crippen LogP contribution in [0.5, 0.6) is 0 Å². The van der Waals surface area contributed by atoms with Crippen molar-refractivity contribution in [2.24, 2.45) is 0 Å². The Hall–Kier alpha value is -2.42. The molecule has 1 saturated heterocycles. The number of thiazole rings is 1. The molecule has 0 radical (unpaired) electrons. The van der Waals surface area contributed by atoms with Crippen molar-refractivity contribution in [3.05, 3.63) is 33.1 Å². The van der Waals surface area contributed by atoms with Crippen LogP contribution in [0, 0.1) is 13.8 Å². The highest BCUT2D eigenvalue weighted by Crippen LogP contribution is 2.19. The quantitative estimate of drug-likeness (QED) is 0.777. The van der Waals surface area contributed by atoms with Crippen LogP contribution in [-0.2, 0) is 17.6 Å². The van der Waals surface area contributed by atoms with Gasteiger partial charge >= 0.3 is 6.03 Å². The van der Waals surface area contributed by atoms with Gasteiger partial charge in [0.05, 0.1) is 22.8 Å². The summed E-state index contributed by atoms with van der Waals surface area (Å²) in [4.78, 5) is 33.1. The topological polar surface area (TPSA) is 91.6 Å². The van der Waals surface area contributed by atoms with Crippen LogP contribution in [0.4, 0.5) is 4.79 Å². The summed E-state index contributed by atoms with van der Waals surface area (Å²) in [7, 11) is 0. The van der Waals surface area contributed by atoms with Crippen LogP contribution < -0.4 is 5.32 Å². The molecule has 0 bridgehead atoms. The molecule has 3 rings (SSSR count). The van der Waals surface area contributed by atoms with Crippen molar-refractivity contribution < 1.29 is 14.1 Å². The van der Waals surface area contributed by atoms with Crippen LogP contribution in [0.2, 0.25) is 0 Å². The van der Waals surface area contributed by atoms with E-state index in [-0.39, 0.29) is 11.9 Å². The van der Waals surface area contributed by atoms with E-state index in [1.807, 2.05) is 13.8 Å². The fraction of sp³-hybridized carbons (Fsp3) is 0.600. The number of piperazine rings is 1.